The molecule has 0 aromatic carbocycles. The number of rotatable bonds is 1. The Bertz CT molecular complexity index is 203. The molecule has 1 fully saturated rings. The molecule has 0 aliphatic carbocycles. The second kappa shape index (κ2) is 3.19. The van der Waals surface area contributed by atoms with Crippen LogP contribution in [-0.4, -0.2) is 31.2 Å². The van der Waals surface area contributed by atoms with Gasteiger partial charge in [-0.25, -0.2) is 4.98 Å². The molecule has 1 saturated heterocycles. The van der Waals surface area contributed by atoms with Crippen LogP contribution in [0.2, 0.25) is 0 Å². The number of anilines is 1. The van der Waals surface area contributed by atoms with Crippen LogP contribution in [0, 0.1) is 0 Å². The van der Waals surface area contributed by atoms with Gasteiger partial charge in [0.1, 0.15) is 0 Å². The fourth-order valence-electron chi connectivity index (χ4n) is 1.31. The quantitative estimate of drug-likeness (QED) is 0.618. The lowest BCUT2D eigenvalue weighted by Gasteiger charge is -2.24. The van der Waals surface area contributed by atoms with Crippen LogP contribution in [0.1, 0.15) is 0 Å². The number of nitrogens with two attached hydrogens (primary N) is 1. The molecule has 2 rings (SSSR count). The Balaban J connectivity index is 2.04. The standard InChI is InChI=1S/C7H11N3S/c1-4-10(5-2-8-1)7-9-3-6-11-7/h3,6,8H,1-2,4-5H2/p+1. The van der Waals surface area contributed by atoms with Crippen molar-refractivity contribution in [3.8, 4) is 0 Å². The van der Waals surface area contributed by atoms with E-state index >= 15 is 0 Å². The zero-order valence-corrected chi connectivity index (χ0v) is 7.18. The summed E-state index contributed by atoms with van der Waals surface area (Å²) < 4.78 is 0. The third-order valence-electron chi connectivity index (χ3n) is 1.90. The van der Waals surface area contributed by atoms with Crippen molar-refractivity contribution in [2.24, 2.45) is 0 Å². The Morgan fingerprint density at radius 3 is 2.91 bits per heavy atom. The number of nitrogens with zero attached hydrogens (tertiary/aromatic N) is 2. The van der Waals surface area contributed by atoms with Crippen molar-refractivity contribution in [2.75, 3.05) is 31.1 Å². The SMILES string of the molecule is c1csc(N2CC[NH2+]CC2)n1. The van der Waals surface area contributed by atoms with Crippen LogP contribution in [0.15, 0.2) is 11.6 Å². The minimum absolute atomic E-state index is 1.15. The summed E-state index contributed by atoms with van der Waals surface area (Å²) in [6, 6.07) is 0. The van der Waals surface area contributed by atoms with E-state index in [2.05, 4.69) is 15.2 Å². The molecule has 60 valence electrons. The monoisotopic (exact) mass is 170 g/mol. The summed E-state index contributed by atoms with van der Waals surface area (Å²) in [6.07, 6.45) is 1.87. The molecular weight excluding hydrogens is 158 g/mol. The van der Waals surface area contributed by atoms with Gasteiger partial charge in [-0.1, -0.05) is 0 Å². The summed E-state index contributed by atoms with van der Waals surface area (Å²) in [5, 5.41) is 5.57. The molecule has 3 nitrogen and oxygen atoms in total. The number of hydrogen-bond acceptors (Lipinski definition) is 3. The fourth-order valence-corrected chi connectivity index (χ4v) is 2.01. The van der Waals surface area contributed by atoms with Gasteiger partial charge in [0.05, 0.1) is 26.2 Å². The molecule has 1 aromatic heterocycles. The molecule has 0 atom stereocenters. The zero-order chi connectivity index (χ0) is 7.52. The molecule has 11 heavy (non-hydrogen) atoms. The highest BCUT2D eigenvalue weighted by Gasteiger charge is 2.13. The lowest BCUT2D eigenvalue weighted by Crippen LogP contribution is -2.89. The summed E-state index contributed by atoms with van der Waals surface area (Å²) in [5.41, 5.74) is 0. The summed E-state index contributed by atoms with van der Waals surface area (Å²) in [4.78, 5) is 6.62. The van der Waals surface area contributed by atoms with E-state index in [4.69, 9.17) is 0 Å². The molecule has 1 aromatic rings. The molecule has 2 heterocycles. The maximum atomic E-state index is 4.27. The van der Waals surface area contributed by atoms with E-state index < -0.39 is 0 Å². The maximum Gasteiger partial charge on any atom is 0.185 e. The van der Waals surface area contributed by atoms with Crippen molar-refractivity contribution in [2.45, 2.75) is 0 Å². The molecule has 2 N–H and O–H groups in total. The van der Waals surface area contributed by atoms with Gasteiger partial charge in [0.25, 0.3) is 0 Å². The van der Waals surface area contributed by atoms with Crippen LogP contribution in [0.5, 0.6) is 0 Å². The first-order valence-electron chi connectivity index (χ1n) is 3.93. The van der Waals surface area contributed by atoms with Gasteiger partial charge in [-0.15, -0.1) is 11.3 Å². The largest absolute Gasteiger partial charge is 0.343 e. The second-order valence-corrected chi connectivity index (χ2v) is 3.54. The topological polar surface area (TPSA) is 32.7 Å². The predicted octanol–water partition coefficient (Wildman–Crippen LogP) is -0.473. The smallest absolute Gasteiger partial charge is 0.185 e. The van der Waals surface area contributed by atoms with E-state index in [0.29, 0.717) is 0 Å². The molecule has 0 spiro atoms. The van der Waals surface area contributed by atoms with Crippen LogP contribution >= 0.6 is 11.3 Å². The van der Waals surface area contributed by atoms with E-state index in [-0.39, 0.29) is 0 Å². The minimum Gasteiger partial charge on any atom is -0.343 e. The lowest BCUT2D eigenvalue weighted by molar-refractivity contribution is -0.655. The third kappa shape index (κ3) is 1.52. The van der Waals surface area contributed by atoms with Gasteiger partial charge in [0.2, 0.25) is 0 Å². The van der Waals surface area contributed by atoms with Crippen molar-refractivity contribution in [3.05, 3.63) is 11.6 Å². The fraction of sp³-hybridized carbons (Fsp3) is 0.571. The summed E-state index contributed by atoms with van der Waals surface area (Å²) in [6.45, 7) is 4.71. The maximum absolute atomic E-state index is 4.27. The molecule has 4 heteroatoms. The lowest BCUT2D eigenvalue weighted by atomic mass is 10.4. The van der Waals surface area contributed by atoms with E-state index in [9.17, 15) is 0 Å². The Morgan fingerprint density at radius 2 is 2.27 bits per heavy atom. The molecular formula is C7H12N3S+. The van der Waals surface area contributed by atoms with Crippen molar-refractivity contribution in [3.63, 3.8) is 0 Å². The number of piperazine rings is 1. The Hall–Kier alpha value is -0.610. The van der Waals surface area contributed by atoms with Gasteiger partial charge in [0, 0.05) is 11.6 Å². The molecule has 1 aliphatic rings. The summed E-state index contributed by atoms with van der Waals surface area (Å²) in [5.74, 6) is 0. The Kier molecular flexibility index (Phi) is 2.05. The third-order valence-corrected chi connectivity index (χ3v) is 2.73. The highest BCUT2D eigenvalue weighted by molar-refractivity contribution is 7.13. The van der Waals surface area contributed by atoms with Crippen molar-refractivity contribution >= 4 is 16.5 Å². The van der Waals surface area contributed by atoms with Gasteiger partial charge in [-0.3, -0.25) is 0 Å². The van der Waals surface area contributed by atoms with E-state index in [1.54, 1.807) is 11.3 Å². The minimum atomic E-state index is 1.15. The highest BCUT2D eigenvalue weighted by Crippen LogP contribution is 2.16. The molecule has 0 saturated carbocycles. The Morgan fingerprint density at radius 1 is 1.45 bits per heavy atom. The van der Waals surface area contributed by atoms with Gasteiger partial charge in [0.15, 0.2) is 5.13 Å². The van der Waals surface area contributed by atoms with Crippen molar-refractivity contribution in [1.29, 1.82) is 0 Å². The average Bonchev–Trinajstić information content (AvgIpc) is 2.58. The summed E-state index contributed by atoms with van der Waals surface area (Å²) >= 11 is 1.73. The first kappa shape index (κ1) is 7.06. The van der Waals surface area contributed by atoms with E-state index in [0.717, 1.165) is 13.1 Å². The highest BCUT2D eigenvalue weighted by atomic mass is 32.1. The van der Waals surface area contributed by atoms with Crippen LogP contribution in [0.25, 0.3) is 0 Å². The van der Waals surface area contributed by atoms with Crippen molar-refractivity contribution in [1.82, 2.24) is 4.98 Å². The van der Waals surface area contributed by atoms with E-state index in [1.807, 2.05) is 11.6 Å². The summed E-state index contributed by atoms with van der Waals surface area (Å²) in [7, 11) is 0. The molecule has 1 aliphatic heterocycles. The van der Waals surface area contributed by atoms with Gasteiger partial charge >= 0.3 is 0 Å². The van der Waals surface area contributed by atoms with Gasteiger partial charge in [-0.05, 0) is 0 Å². The number of quaternary nitrogens is 1. The molecule has 0 unspecified atom stereocenters. The molecule has 0 amide bonds. The Labute approximate surface area is 70.1 Å². The second-order valence-electron chi connectivity index (χ2n) is 2.67. The van der Waals surface area contributed by atoms with Crippen LogP contribution < -0.4 is 10.2 Å². The molecule has 0 radical (unpaired) electrons. The average molecular weight is 170 g/mol. The van der Waals surface area contributed by atoms with Crippen LogP contribution in [-0.2, 0) is 0 Å². The van der Waals surface area contributed by atoms with Gasteiger partial charge in [-0.2, -0.15) is 0 Å². The van der Waals surface area contributed by atoms with Crippen LogP contribution in [0.4, 0.5) is 5.13 Å². The number of thiazole rings is 1. The molecule has 0 bridgehead atoms. The normalized spacial score (nSPS) is 18.7. The van der Waals surface area contributed by atoms with Crippen molar-refractivity contribution < 1.29 is 5.32 Å². The first-order chi connectivity index (χ1) is 5.47. The van der Waals surface area contributed by atoms with Gasteiger partial charge < -0.3 is 10.2 Å². The number of aromatic nitrogens is 1. The number of hydrogen-bond donors (Lipinski definition) is 1. The first-order valence-corrected chi connectivity index (χ1v) is 4.81. The zero-order valence-electron chi connectivity index (χ0n) is 6.36. The van der Waals surface area contributed by atoms with E-state index in [1.165, 1.54) is 18.2 Å². The van der Waals surface area contributed by atoms with Crippen LogP contribution in [0.3, 0.4) is 0 Å². The predicted molar refractivity (Wildman–Crippen MR) is 46.0 cm³/mol.